The predicted molar refractivity (Wildman–Crippen MR) is 70.9 cm³/mol. The zero-order valence-corrected chi connectivity index (χ0v) is 11.7. The summed E-state index contributed by atoms with van der Waals surface area (Å²) in [6.45, 7) is 3.85. The van der Waals surface area contributed by atoms with Gasteiger partial charge in [0.05, 0.1) is 5.02 Å². The van der Waals surface area contributed by atoms with Crippen LogP contribution in [0.15, 0.2) is 23.1 Å². The van der Waals surface area contributed by atoms with Crippen LogP contribution in [0.3, 0.4) is 0 Å². The summed E-state index contributed by atoms with van der Waals surface area (Å²) in [6, 6.07) is 4.08. The highest BCUT2D eigenvalue weighted by Crippen LogP contribution is 2.24. The number of hydrogen-bond acceptors (Lipinski definition) is 3. The van der Waals surface area contributed by atoms with E-state index in [0.717, 1.165) is 0 Å². The summed E-state index contributed by atoms with van der Waals surface area (Å²) in [7, 11) is -3.84. The SMILES string of the molecule is CC(C)CC(=O)Nc1ccc(S(N)(=O)=O)c(Cl)c1. The minimum absolute atomic E-state index is 0.0140. The molecule has 0 aliphatic rings. The smallest absolute Gasteiger partial charge is 0.239 e. The number of benzene rings is 1. The molecule has 0 bridgehead atoms. The molecule has 1 amide bonds. The number of nitrogens with two attached hydrogens (primary N) is 1. The van der Waals surface area contributed by atoms with Gasteiger partial charge in [-0.3, -0.25) is 4.79 Å². The average molecular weight is 291 g/mol. The highest BCUT2D eigenvalue weighted by molar-refractivity contribution is 7.89. The van der Waals surface area contributed by atoms with Gasteiger partial charge in [-0.25, -0.2) is 13.6 Å². The first kappa shape index (κ1) is 14.9. The lowest BCUT2D eigenvalue weighted by Gasteiger charge is -2.08. The number of amides is 1. The minimum atomic E-state index is -3.84. The molecule has 0 heterocycles. The van der Waals surface area contributed by atoms with E-state index < -0.39 is 10.0 Å². The summed E-state index contributed by atoms with van der Waals surface area (Å²) in [4.78, 5) is 11.4. The zero-order chi connectivity index (χ0) is 13.9. The normalized spacial score (nSPS) is 11.6. The topological polar surface area (TPSA) is 89.3 Å². The van der Waals surface area contributed by atoms with Crippen molar-refractivity contribution in [1.82, 2.24) is 0 Å². The molecular weight excluding hydrogens is 276 g/mol. The third-order valence-corrected chi connectivity index (χ3v) is 3.51. The molecule has 0 saturated carbocycles. The predicted octanol–water partition coefficient (Wildman–Crippen LogP) is 1.97. The molecule has 5 nitrogen and oxygen atoms in total. The van der Waals surface area contributed by atoms with Gasteiger partial charge in [-0.1, -0.05) is 25.4 Å². The van der Waals surface area contributed by atoms with E-state index in [-0.39, 0.29) is 21.7 Å². The molecule has 0 radical (unpaired) electrons. The number of carbonyl (C=O) groups is 1. The number of primary sulfonamides is 1. The number of nitrogens with one attached hydrogen (secondary N) is 1. The molecule has 1 aromatic carbocycles. The van der Waals surface area contributed by atoms with Crippen LogP contribution in [0.2, 0.25) is 5.02 Å². The average Bonchev–Trinajstić information content (AvgIpc) is 2.13. The summed E-state index contributed by atoms with van der Waals surface area (Å²) >= 11 is 5.79. The van der Waals surface area contributed by atoms with Crippen LogP contribution >= 0.6 is 11.6 Å². The van der Waals surface area contributed by atoms with Gasteiger partial charge >= 0.3 is 0 Å². The van der Waals surface area contributed by atoms with E-state index >= 15 is 0 Å². The van der Waals surface area contributed by atoms with Crippen molar-refractivity contribution in [2.24, 2.45) is 11.1 Å². The molecule has 0 unspecified atom stereocenters. The Hall–Kier alpha value is -1.11. The molecular formula is C11H15ClN2O3S. The van der Waals surface area contributed by atoms with Crippen molar-refractivity contribution in [2.75, 3.05) is 5.32 Å². The van der Waals surface area contributed by atoms with Crippen molar-refractivity contribution < 1.29 is 13.2 Å². The Morgan fingerprint density at radius 3 is 2.50 bits per heavy atom. The van der Waals surface area contributed by atoms with Gasteiger partial charge in [0.25, 0.3) is 0 Å². The maximum Gasteiger partial charge on any atom is 0.239 e. The van der Waals surface area contributed by atoms with E-state index in [1.807, 2.05) is 13.8 Å². The van der Waals surface area contributed by atoms with Crippen molar-refractivity contribution >= 4 is 33.2 Å². The third kappa shape index (κ3) is 4.29. The molecule has 100 valence electrons. The Morgan fingerprint density at radius 2 is 2.06 bits per heavy atom. The Kier molecular flexibility index (Phi) is 4.72. The lowest BCUT2D eigenvalue weighted by molar-refractivity contribution is -0.116. The van der Waals surface area contributed by atoms with Crippen molar-refractivity contribution in [1.29, 1.82) is 0 Å². The van der Waals surface area contributed by atoms with Crippen LogP contribution in [0.1, 0.15) is 20.3 Å². The summed E-state index contributed by atoms with van der Waals surface area (Å²) in [6.07, 6.45) is 0.383. The summed E-state index contributed by atoms with van der Waals surface area (Å²) in [5.41, 5.74) is 0.443. The molecule has 0 aromatic heterocycles. The fourth-order valence-electron chi connectivity index (χ4n) is 1.39. The fourth-order valence-corrected chi connectivity index (χ4v) is 2.48. The maximum absolute atomic E-state index is 11.5. The van der Waals surface area contributed by atoms with Gasteiger partial charge in [-0.15, -0.1) is 0 Å². The molecule has 1 rings (SSSR count). The number of anilines is 1. The molecule has 0 fully saturated rings. The Morgan fingerprint density at radius 1 is 1.44 bits per heavy atom. The second-order valence-corrected chi connectivity index (χ2v) is 6.27. The van der Waals surface area contributed by atoms with E-state index in [1.165, 1.54) is 18.2 Å². The quantitative estimate of drug-likeness (QED) is 0.888. The lowest BCUT2D eigenvalue weighted by Crippen LogP contribution is -2.15. The van der Waals surface area contributed by atoms with Crippen LogP contribution in [0.5, 0.6) is 0 Å². The lowest BCUT2D eigenvalue weighted by atomic mass is 10.1. The van der Waals surface area contributed by atoms with Gasteiger partial charge < -0.3 is 5.32 Å². The second kappa shape index (κ2) is 5.69. The van der Waals surface area contributed by atoms with E-state index in [2.05, 4.69) is 5.32 Å². The zero-order valence-electron chi connectivity index (χ0n) is 10.1. The molecule has 18 heavy (non-hydrogen) atoms. The van der Waals surface area contributed by atoms with Crippen LogP contribution < -0.4 is 10.5 Å². The van der Waals surface area contributed by atoms with Gasteiger partial charge in [0, 0.05) is 12.1 Å². The number of halogens is 1. The van der Waals surface area contributed by atoms with E-state index in [4.69, 9.17) is 16.7 Å². The van der Waals surface area contributed by atoms with Crippen molar-refractivity contribution in [3.05, 3.63) is 23.2 Å². The molecule has 1 aromatic rings. The Bertz CT molecular complexity index is 555. The molecule has 0 saturated heterocycles. The number of hydrogen-bond donors (Lipinski definition) is 2. The van der Waals surface area contributed by atoms with Crippen molar-refractivity contribution in [3.63, 3.8) is 0 Å². The summed E-state index contributed by atoms with van der Waals surface area (Å²) in [5, 5.41) is 7.59. The Balaban J connectivity index is 2.89. The first-order valence-corrected chi connectivity index (χ1v) is 7.25. The monoisotopic (exact) mass is 290 g/mol. The van der Waals surface area contributed by atoms with E-state index in [9.17, 15) is 13.2 Å². The first-order chi connectivity index (χ1) is 8.20. The van der Waals surface area contributed by atoms with Gasteiger partial charge in [0.1, 0.15) is 4.90 Å². The number of carbonyl (C=O) groups excluding carboxylic acids is 1. The third-order valence-electron chi connectivity index (χ3n) is 2.12. The molecule has 0 aliphatic heterocycles. The minimum Gasteiger partial charge on any atom is -0.326 e. The van der Waals surface area contributed by atoms with Gasteiger partial charge in [-0.2, -0.15) is 0 Å². The second-order valence-electron chi connectivity index (χ2n) is 4.34. The highest BCUT2D eigenvalue weighted by atomic mass is 35.5. The van der Waals surface area contributed by atoms with Gasteiger partial charge in [0.15, 0.2) is 0 Å². The first-order valence-electron chi connectivity index (χ1n) is 5.32. The van der Waals surface area contributed by atoms with Crippen LogP contribution in [0.4, 0.5) is 5.69 Å². The van der Waals surface area contributed by atoms with Crippen LogP contribution in [-0.4, -0.2) is 14.3 Å². The maximum atomic E-state index is 11.5. The van der Waals surface area contributed by atoms with E-state index in [1.54, 1.807) is 0 Å². The fraction of sp³-hybridized carbons (Fsp3) is 0.364. The van der Waals surface area contributed by atoms with Crippen molar-refractivity contribution in [2.45, 2.75) is 25.2 Å². The Labute approximate surface area is 111 Å². The molecule has 7 heteroatoms. The van der Waals surface area contributed by atoms with Gasteiger partial charge in [0.2, 0.25) is 15.9 Å². The highest BCUT2D eigenvalue weighted by Gasteiger charge is 2.14. The molecule has 0 spiro atoms. The van der Waals surface area contributed by atoms with Crippen LogP contribution in [0, 0.1) is 5.92 Å². The molecule has 3 N–H and O–H groups in total. The van der Waals surface area contributed by atoms with Crippen molar-refractivity contribution in [3.8, 4) is 0 Å². The molecule has 0 atom stereocenters. The van der Waals surface area contributed by atoms with Gasteiger partial charge in [-0.05, 0) is 24.1 Å². The van der Waals surface area contributed by atoms with Crippen LogP contribution in [-0.2, 0) is 14.8 Å². The van der Waals surface area contributed by atoms with E-state index in [0.29, 0.717) is 12.1 Å². The number of rotatable bonds is 4. The number of sulfonamides is 1. The van der Waals surface area contributed by atoms with Crippen LogP contribution in [0.25, 0.3) is 0 Å². The largest absolute Gasteiger partial charge is 0.326 e. The summed E-state index contributed by atoms with van der Waals surface area (Å²) in [5.74, 6) is 0.0913. The standard InChI is InChI=1S/C11H15ClN2O3S/c1-7(2)5-11(15)14-8-3-4-10(9(12)6-8)18(13,16)17/h3-4,6-7H,5H2,1-2H3,(H,14,15)(H2,13,16,17). The molecule has 0 aliphatic carbocycles. The summed E-state index contributed by atoms with van der Waals surface area (Å²) < 4.78 is 22.3.